The molecule has 1 amide bonds. The highest BCUT2D eigenvalue weighted by Crippen LogP contribution is 2.26. The first-order valence-corrected chi connectivity index (χ1v) is 14.9. The third-order valence-electron chi connectivity index (χ3n) is 7.74. The average molecular weight is 575 g/mol. The molecule has 6 heteroatoms. The summed E-state index contributed by atoms with van der Waals surface area (Å²) in [5.74, 6) is 0.684. The molecule has 5 rings (SSSR count). The maximum absolute atomic E-state index is 12.7. The summed E-state index contributed by atoms with van der Waals surface area (Å²) in [6.45, 7) is 0.860. The van der Waals surface area contributed by atoms with Gasteiger partial charge in [-0.3, -0.25) is 4.79 Å². The lowest BCUT2D eigenvalue weighted by Gasteiger charge is -2.12. The van der Waals surface area contributed by atoms with Crippen LogP contribution in [0.5, 0.6) is 0 Å². The van der Waals surface area contributed by atoms with Crippen molar-refractivity contribution in [3.63, 3.8) is 0 Å². The number of rotatable bonds is 12. The number of hydrogen-bond acceptors (Lipinski definition) is 4. The number of carbonyl (C=O) groups is 1. The van der Waals surface area contributed by atoms with Crippen LogP contribution >= 0.6 is 0 Å². The number of fused-ring (bicyclic) bond motifs is 1. The number of benzene rings is 4. The van der Waals surface area contributed by atoms with Crippen LogP contribution in [0.15, 0.2) is 95.4 Å². The average Bonchev–Trinajstić information content (AvgIpc) is 3.36. The first-order valence-electron chi connectivity index (χ1n) is 14.9. The van der Waals surface area contributed by atoms with Crippen LogP contribution in [0.1, 0.15) is 47.5 Å². The van der Waals surface area contributed by atoms with Gasteiger partial charge in [-0.15, -0.1) is 0 Å². The molecule has 0 saturated carbocycles. The van der Waals surface area contributed by atoms with Crippen LogP contribution in [-0.4, -0.2) is 38.3 Å². The molecule has 220 valence electrons. The smallest absolute Gasteiger partial charge is 0.373 e. The molecule has 5 aromatic rings. The molecule has 4 aromatic carbocycles. The fourth-order valence-electron chi connectivity index (χ4n) is 5.13. The van der Waals surface area contributed by atoms with Crippen LogP contribution in [0, 0.1) is 0 Å². The Balaban J connectivity index is 1.27. The summed E-state index contributed by atoms with van der Waals surface area (Å²) < 4.78 is 8.22. The molecule has 43 heavy (non-hydrogen) atoms. The molecule has 0 aliphatic rings. The molecular formula is C37H40N3O3+. The highest BCUT2D eigenvalue weighted by molar-refractivity contribution is 5.95. The Morgan fingerprint density at radius 3 is 2.21 bits per heavy atom. The van der Waals surface area contributed by atoms with Gasteiger partial charge in [-0.1, -0.05) is 67.4 Å². The normalized spacial score (nSPS) is 11.3. The largest absolute Gasteiger partial charge is 0.398 e. The lowest BCUT2D eigenvalue weighted by molar-refractivity contribution is -0.651. The quantitative estimate of drug-likeness (QED) is 0.123. The molecule has 0 unspecified atom stereocenters. The molecule has 6 nitrogen and oxygen atoms in total. The van der Waals surface area contributed by atoms with Gasteiger partial charge in [0.1, 0.15) is 7.05 Å². The molecular weight excluding hydrogens is 534 g/mol. The highest BCUT2D eigenvalue weighted by Gasteiger charge is 2.18. The number of nitrogens with one attached hydrogen (secondary N) is 1. The Labute approximate surface area is 253 Å². The number of anilines is 1. The van der Waals surface area contributed by atoms with Crippen molar-refractivity contribution in [3.8, 4) is 22.3 Å². The van der Waals surface area contributed by atoms with Crippen LogP contribution in [-0.2, 0) is 7.05 Å². The zero-order valence-corrected chi connectivity index (χ0v) is 25.2. The maximum atomic E-state index is 12.7. The Bertz CT molecular complexity index is 1700. The summed E-state index contributed by atoms with van der Waals surface area (Å²) in [7, 11) is 6.09. The second kappa shape index (κ2) is 14.0. The number of oxazole rings is 1. The molecule has 0 bridgehead atoms. The summed E-state index contributed by atoms with van der Waals surface area (Å²) >= 11 is 0. The van der Waals surface area contributed by atoms with Gasteiger partial charge < -0.3 is 19.7 Å². The Hall–Kier alpha value is -4.68. The maximum Gasteiger partial charge on any atom is 0.373 e. The Morgan fingerprint density at radius 1 is 0.814 bits per heavy atom. The lowest BCUT2D eigenvalue weighted by Crippen LogP contribution is -2.29. The lowest BCUT2D eigenvalue weighted by atomic mass is 10.0. The van der Waals surface area contributed by atoms with E-state index in [2.05, 4.69) is 70.9 Å². The summed E-state index contributed by atoms with van der Waals surface area (Å²) in [6, 6.07) is 30.9. The summed E-state index contributed by atoms with van der Waals surface area (Å²) in [5, 5.41) is 11.9. The van der Waals surface area contributed by atoms with Crippen LogP contribution in [0.3, 0.4) is 0 Å². The predicted molar refractivity (Wildman–Crippen MR) is 176 cm³/mol. The monoisotopic (exact) mass is 574 g/mol. The first-order chi connectivity index (χ1) is 20.9. The number of amides is 1. The van der Waals surface area contributed by atoms with Crippen molar-refractivity contribution in [1.29, 1.82) is 0 Å². The van der Waals surface area contributed by atoms with Gasteiger partial charge in [-0.2, -0.15) is 4.57 Å². The van der Waals surface area contributed by atoms with E-state index >= 15 is 0 Å². The molecule has 1 aromatic heterocycles. The second-order valence-electron chi connectivity index (χ2n) is 11.1. The van der Waals surface area contributed by atoms with Crippen molar-refractivity contribution in [3.05, 3.63) is 108 Å². The Kier molecular flexibility index (Phi) is 9.70. The minimum absolute atomic E-state index is 0.0679. The molecule has 0 aliphatic heterocycles. The topological polar surface area (TPSA) is 69.6 Å². The van der Waals surface area contributed by atoms with E-state index in [4.69, 9.17) is 9.52 Å². The standard InChI is InChI=1S/C37H39N3O3/c1-39(2)33-19-16-29(17-20-33)28-14-11-27(12-15-28)13-22-36-40(3)34-26-31(18-21-35(34)43-36)30-9-8-10-32(25-30)37(42)38-23-6-4-5-7-24-41/h8-22,25-26,41H,4-7,23-24H2,1-3H3/p+1. The molecule has 0 saturated heterocycles. The number of aliphatic hydroxyl groups is 1. The van der Waals surface area contributed by atoms with E-state index in [0.29, 0.717) is 12.1 Å². The van der Waals surface area contributed by atoms with Crippen molar-refractivity contribution < 1.29 is 18.9 Å². The molecule has 0 aliphatic carbocycles. The summed E-state index contributed by atoms with van der Waals surface area (Å²) in [5.41, 5.74) is 9.07. The van der Waals surface area contributed by atoms with Gasteiger partial charge in [-0.25, -0.2) is 0 Å². The van der Waals surface area contributed by atoms with E-state index in [1.165, 1.54) is 16.8 Å². The molecule has 1 heterocycles. The van der Waals surface area contributed by atoms with Crippen molar-refractivity contribution in [2.24, 2.45) is 7.05 Å². The van der Waals surface area contributed by atoms with Crippen LogP contribution in [0.25, 0.3) is 45.5 Å². The zero-order valence-electron chi connectivity index (χ0n) is 25.2. The van der Waals surface area contributed by atoms with E-state index in [1.807, 2.05) is 68.2 Å². The number of aromatic nitrogens is 1. The van der Waals surface area contributed by atoms with E-state index in [9.17, 15) is 4.79 Å². The van der Waals surface area contributed by atoms with Crippen molar-refractivity contribution in [2.75, 3.05) is 32.1 Å². The van der Waals surface area contributed by atoms with Gasteiger partial charge in [0, 0.05) is 44.6 Å². The fraction of sp³-hybridized carbons (Fsp3) is 0.243. The van der Waals surface area contributed by atoms with Gasteiger partial charge >= 0.3 is 5.89 Å². The van der Waals surface area contributed by atoms with Crippen LogP contribution < -0.4 is 14.8 Å². The number of hydrogen-bond donors (Lipinski definition) is 2. The van der Waals surface area contributed by atoms with E-state index in [1.54, 1.807) is 0 Å². The molecule has 2 N–H and O–H groups in total. The summed E-state index contributed by atoms with van der Waals surface area (Å²) in [6.07, 6.45) is 7.76. The van der Waals surface area contributed by atoms with Crippen LogP contribution in [0.4, 0.5) is 5.69 Å². The molecule has 0 spiro atoms. The van der Waals surface area contributed by atoms with Gasteiger partial charge in [-0.05, 0) is 77.1 Å². The molecule has 0 radical (unpaired) electrons. The highest BCUT2D eigenvalue weighted by atomic mass is 16.3. The van der Waals surface area contributed by atoms with E-state index < -0.39 is 0 Å². The second-order valence-corrected chi connectivity index (χ2v) is 11.1. The first kappa shape index (κ1) is 29.8. The number of nitrogens with zero attached hydrogens (tertiary/aromatic N) is 2. The SMILES string of the molecule is CN(C)c1ccc(-c2ccc(/C=C/c3oc4ccc(-c5cccc(C(=O)NCCCCCCO)c5)cc4[n+]3C)cc2)cc1. The molecule has 0 atom stereocenters. The van der Waals surface area contributed by atoms with Gasteiger partial charge in [0.15, 0.2) is 0 Å². The van der Waals surface area contributed by atoms with E-state index in [-0.39, 0.29) is 12.5 Å². The predicted octanol–water partition coefficient (Wildman–Crippen LogP) is 7.11. The minimum atomic E-state index is -0.0679. The van der Waals surface area contributed by atoms with Crippen LogP contribution in [0.2, 0.25) is 0 Å². The van der Waals surface area contributed by atoms with Crippen molar-refractivity contribution in [2.45, 2.75) is 25.7 Å². The minimum Gasteiger partial charge on any atom is -0.398 e. The van der Waals surface area contributed by atoms with Gasteiger partial charge in [0.05, 0.1) is 6.08 Å². The number of aryl methyl sites for hydroxylation is 1. The number of aliphatic hydroxyl groups excluding tert-OH is 1. The fourth-order valence-corrected chi connectivity index (χ4v) is 5.13. The van der Waals surface area contributed by atoms with Gasteiger partial charge in [0.2, 0.25) is 5.58 Å². The van der Waals surface area contributed by atoms with Gasteiger partial charge in [0.25, 0.3) is 11.4 Å². The number of unbranched alkanes of at least 4 members (excludes halogenated alkanes) is 3. The number of carbonyl (C=O) groups excluding carboxylic acids is 1. The summed E-state index contributed by atoms with van der Waals surface area (Å²) in [4.78, 5) is 14.8. The Morgan fingerprint density at radius 2 is 1.49 bits per heavy atom. The van der Waals surface area contributed by atoms with Crippen molar-refractivity contribution >= 4 is 34.8 Å². The zero-order chi connectivity index (χ0) is 30.2. The molecule has 0 fully saturated rings. The third kappa shape index (κ3) is 7.40. The third-order valence-corrected chi connectivity index (χ3v) is 7.74. The van der Waals surface area contributed by atoms with E-state index in [0.717, 1.165) is 59.4 Å². The van der Waals surface area contributed by atoms with Crippen molar-refractivity contribution in [1.82, 2.24) is 5.32 Å².